The largest absolute Gasteiger partial charge is 0.459 e. The molecule has 0 fully saturated rings. The van der Waals surface area contributed by atoms with Gasteiger partial charge in [0.2, 0.25) is 0 Å². The van der Waals surface area contributed by atoms with Crippen LogP contribution in [0.1, 0.15) is 91.9 Å². The molecule has 0 saturated heterocycles. The van der Waals surface area contributed by atoms with Crippen molar-refractivity contribution in [2.75, 3.05) is 0 Å². The number of rotatable bonds is 9. The van der Waals surface area contributed by atoms with E-state index in [0.717, 1.165) is 32.1 Å². The number of allylic oxidation sites excluding steroid dienone is 2. The molecule has 0 aromatic rings. The summed E-state index contributed by atoms with van der Waals surface area (Å²) < 4.78 is 5.77. The summed E-state index contributed by atoms with van der Waals surface area (Å²) in [5.41, 5.74) is 1.15. The summed E-state index contributed by atoms with van der Waals surface area (Å²) in [5, 5.41) is 0. The van der Waals surface area contributed by atoms with E-state index < -0.39 is 0 Å². The van der Waals surface area contributed by atoms with E-state index in [4.69, 9.17) is 4.74 Å². The molecule has 0 amide bonds. The standard InChI is InChI=1S/C19H34O2/c1-5-6-7-8-9-10-11-18(20)21-19(3,4)17-14-12-16(2)13-15-17/h12,17H,5-11,13-15H2,1-4H3. The van der Waals surface area contributed by atoms with Gasteiger partial charge in [0.05, 0.1) is 0 Å². The quantitative estimate of drug-likeness (QED) is 0.305. The normalized spacial score (nSPS) is 19.2. The van der Waals surface area contributed by atoms with Crippen molar-refractivity contribution in [3.8, 4) is 0 Å². The van der Waals surface area contributed by atoms with Gasteiger partial charge in [-0.15, -0.1) is 0 Å². The fourth-order valence-electron chi connectivity index (χ4n) is 3.07. The molecule has 0 heterocycles. The number of carbonyl (C=O) groups excluding carboxylic acids is 1. The highest BCUT2D eigenvalue weighted by Crippen LogP contribution is 2.34. The molecule has 0 aromatic heterocycles. The Hall–Kier alpha value is -0.790. The van der Waals surface area contributed by atoms with Crippen molar-refractivity contribution in [3.63, 3.8) is 0 Å². The van der Waals surface area contributed by atoms with Gasteiger partial charge in [-0.2, -0.15) is 0 Å². The topological polar surface area (TPSA) is 26.3 Å². The molecule has 0 aliphatic heterocycles. The predicted molar refractivity (Wildman–Crippen MR) is 89.3 cm³/mol. The Labute approximate surface area is 131 Å². The van der Waals surface area contributed by atoms with E-state index in [2.05, 4.69) is 33.8 Å². The van der Waals surface area contributed by atoms with E-state index >= 15 is 0 Å². The van der Waals surface area contributed by atoms with Crippen LogP contribution in [0.25, 0.3) is 0 Å². The minimum absolute atomic E-state index is 0.0123. The van der Waals surface area contributed by atoms with Crippen molar-refractivity contribution in [1.29, 1.82) is 0 Å². The van der Waals surface area contributed by atoms with Gasteiger partial charge in [0.25, 0.3) is 0 Å². The van der Waals surface area contributed by atoms with Crippen molar-refractivity contribution in [3.05, 3.63) is 11.6 Å². The van der Waals surface area contributed by atoms with Gasteiger partial charge in [0, 0.05) is 12.3 Å². The first-order chi connectivity index (χ1) is 9.95. The Morgan fingerprint density at radius 2 is 1.90 bits per heavy atom. The second-order valence-corrected chi connectivity index (χ2v) is 7.12. The monoisotopic (exact) mass is 294 g/mol. The second-order valence-electron chi connectivity index (χ2n) is 7.12. The van der Waals surface area contributed by atoms with Crippen LogP contribution >= 0.6 is 0 Å². The van der Waals surface area contributed by atoms with Crippen LogP contribution in [0.5, 0.6) is 0 Å². The zero-order valence-electron chi connectivity index (χ0n) is 14.5. The molecule has 0 saturated carbocycles. The van der Waals surface area contributed by atoms with Crippen LogP contribution in [-0.4, -0.2) is 11.6 Å². The second kappa shape index (κ2) is 9.27. The molecular weight excluding hydrogens is 260 g/mol. The smallest absolute Gasteiger partial charge is 0.306 e. The highest BCUT2D eigenvalue weighted by molar-refractivity contribution is 5.69. The summed E-state index contributed by atoms with van der Waals surface area (Å²) >= 11 is 0. The zero-order valence-corrected chi connectivity index (χ0v) is 14.5. The summed E-state index contributed by atoms with van der Waals surface area (Å²) in [6.45, 7) is 8.56. The van der Waals surface area contributed by atoms with Gasteiger partial charge in [-0.3, -0.25) is 4.79 Å². The molecule has 1 aliphatic rings. The molecule has 1 rings (SSSR count). The maximum absolute atomic E-state index is 12.0. The molecule has 2 heteroatoms. The van der Waals surface area contributed by atoms with Gasteiger partial charge >= 0.3 is 5.97 Å². The van der Waals surface area contributed by atoms with E-state index in [0.29, 0.717) is 12.3 Å². The lowest BCUT2D eigenvalue weighted by Crippen LogP contribution is -2.37. The van der Waals surface area contributed by atoms with Gasteiger partial charge in [0.15, 0.2) is 0 Å². The average Bonchev–Trinajstić information content (AvgIpc) is 2.42. The minimum Gasteiger partial charge on any atom is -0.459 e. The number of ether oxygens (including phenoxy) is 1. The van der Waals surface area contributed by atoms with Gasteiger partial charge in [-0.05, 0) is 46.5 Å². The van der Waals surface area contributed by atoms with Crippen LogP contribution in [0.2, 0.25) is 0 Å². The maximum Gasteiger partial charge on any atom is 0.306 e. The molecule has 1 atom stereocenters. The Balaban J connectivity index is 2.23. The number of hydrogen-bond acceptors (Lipinski definition) is 2. The maximum atomic E-state index is 12.0. The highest BCUT2D eigenvalue weighted by atomic mass is 16.6. The number of carbonyl (C=O) groups is 1. The van der Waals surface area contributed by atoms with E-state index in [-0.39, 0.29) is 11.6 Å². The van der Waals surface area contributed by atoms with E-state index in [1.807, 2.05) is 0 Å². The minimum atomic E-state index is -0.323. The highest BCUT2D eigenvalue weighted by Gasteiger charge is 2.33. The molecule has 1 aliphatic carbocycles. The van der Waals surface area contributed by atoms with Crippen molar-refractivity contribution in [1.82, 2.24) is 0 Å². The molecule has 0 spiro atoms. The van der Waals surface area contributed by atoms with Crippen molar-refractivity contribution in [2.24, 2.45) is 5.92 Å². The van der Waals surface area contributed by atoms with Gasteiger partial charge in [-0.25, -0.2) is 0 Å². The van der Waals surface area contributed by atoms with Crippen LogP contribution in [0.4, 0.5) is 0 Å². The van der Waals surface area contributed by atoms with Crippen LogP contribution < -0.4 is 0 Å². The number of hydrogen-bond donors (Lipinski definition) is 0. The Morgan fingerprint density at radius 1 is 1.24 bits per heavy atom. The van der Waals surface area contributed by atoms with Gasteiger partial charge < -0.3 is 4.74 Å². The lowest BCUT2D eigenvalue weighted by molar-refractivity contribution is -0.162. The zero-order chi connectivity index (χ0) is 15.7. The summed E-state index contributed by atoms with van der Waals surface area (Å²) in [4.78, 5) is 12.0. The first-order valence-electron chi connectivity index (χ1n) is 8.83. The molecule has 1 unspecified atom stereocenters. The first-order valence-corrected chi connectivity index (χ1v) is 8.83. The van der Waals surface area contributed by atoms with Gasteiger partial charge in [0.1, 0.15) is 5.60 Å². The van der Waals surface area contributed by atoms with Crippen molar-refractivity contribution < 1.29 is 9.53 Å². The molecule has 2 nitrogen and oxygen atoms in total. The van der Waals surface area contributed by atoms with Crippen LogP contribution in [-0.2, 0) is 9.53 Å². The van der Waals surface area contributed by atoms with Gasteiger partial charge in [-0.1, -0.05) is 50.7 Å². The fourth-order valence-corrected chi connectivity index (χ4v) is 3.07. The molecule has 0 bridgehead atoms. The fraction of sp³-hybridized carbons (Fsp3) is 0.842. The summed E-state index contributed by atoms with van der Waals surface area (Å²) in [6.07, 6.45) is 13.5. The van der Waals surface area contributed by atoms with E-state index in [1.54, 1.807) is 0 Å². The summed E-state index contributed by atoms with van der Waals surface area (Å²) in [6, 6.07) is 0. The lowest BCUT2D eigenvalue weighted by Gasteiger charge is -2.35. The van der Waals surface area contributed by atoms with E-state index in [9.17, 15) is 4.79 Å². The lowest BCUT2D eigenvalue weighted by atomic mass is 9.79. The van der Waals surface area contributed by atoms with Crippen molar-refractivity contribution >= 4 is 5.97 Å². The SMILES string of the molecule is CCCCCCCCC(=O)OC(C)(C)C1CC=C(C)CC1. The van der Waals surface area contributed by atoms with Crippen LogP contribution in [0, 0.1) is 5.92 Å². The van der Waals surface area contributed by atoms with Crippen LogP contribution in [0.3, 0.4) is 0 Å². The molecule has 0 radical (unpaired) electrons. The number of esters is 1. The molecule has 0 aromatic carbocycles. The molecule has 122 valence electrons. The van der Waals surface area contributed by atoms with Crippen LogP contribution in [0.15, 0.2) is 11.6 Å². The first kappa shape index (κ1) is 18.3. The van der Waals surface area contributed by atoms with E-state index in [1.165, 1.54) is 31.3 Å². The Morgan fingerprint density at radius 3 is 2.52 bits per heavy atom. The molecular formula is C19H34O2. The summed E-state index contributed by atoms with van der Waals surface area (Å²) in [7, 11) is 0. The third-order valence-electron chi connectivity index (χ3n) is 4.73. The third-order valence-corrected chi connectivity index (χ3v) is 4.73. The third kappa shape index (κ3) is 7.15. The number of unbranched alkanes of at least 4 members (excludes halogenated alkanes) is 5. The molecule has 0 N–H and O–H groups in total. The average molecular weight is 294 g/mol. The summed E-state index contributed by atoms with van der Waals surface area (Å²) in [5.74, 6) is 0.455. The predicted octanol–water partition coefficient (Wildman–Crippen LogP) is 5.81. The molecule has 21 heavy (non-hydrogen) atoms. The van der Waals surface area contributed by atoms with Crippen molar-refractivity contribution in [2.45, 2.75) is 97.5 Å². The Kier molecular flexibility index (Phi) is 8.06. The Bertz CT molecular complexity index is 341.